The van der Waals surface area contributed by atoms with Crippen molar-refractivity contribution in [3.05, 3.63) is 45.0 Å². The SMILES string of the molecule is Nc1cc(-c2cc(Cl)cc(Cl)c2Cl)cc(C(F)(F)F)n1. The Hall–Kier alpha value is -1.17. The maximum absolute atomic E-state index is 12.7. The Labute approximate surface area is 127 Å². The van der Waals surface area contributed by atoms with Crippen molar-refractivity contribution in [2.24, 2.45) is 0 Å². The second-order valence-electron chi connectivity index (χ2n) is 3.91. The summed E-state index contributed by atoms with van der Waals surface area (Å²) in [5, 5.41) is 0.478. The number of hydrogen-bond acceptors (Lipinski definition) is 2. The molecule has 106 valence electrons. The van der Waals surface area contributed by atoms with Gasteiger partial charge < -0.3 is 5.73 Å². The lowest BCUT2D eigenvalue weighted by atomic mass is 10.1. The van der Waals surface area contributed by atoms with E-state index in [4.69, 9.17) is 40.5 Å². The molecule has 8 heteroatoms. The van der Waals surface area contributed by atoms with Gasteiger partial charge in [-0.05, 0) is 29.8 Å². The molecule has 20 heavy (non-hydrogen) atoms. The summed E-state index contributed by atoms with van der Waals surface area (Å²) in [5.41, 5.74) is 4.68. The first-order valence-electron chi connectivity index (χ1n) is 5.18. The van der Waals surface area contributed by atoms with Crippen molar-refractivity contribution in [3.63, 3.8) is 0 Å². The first kappa shape index (κ1) is 15.2. The molecule has 2 N–H and O–H groups in total. The van der Waals surface area contributed by atoms with Crippen LogP contribution >= 0.6 is 34.8 Å². The third kappa shape index (κ3) is 3.11. The molecule has 0 saturated carbocycles. The molecular formula is C12H6Cl3F3N2. The van der Waals surface area contributed by atoms with Crippen LogP contribution in [0.1, 0.15) is 5.69 Å². The number of nitrogens with zero attached hydrogens (tertiary/aromatic N) is 1. The zero-order valence-corrected chi connectivity index (χ0v) is 11.9. The minimum Gasteiger partial charge on any atom is -0.384 e. The molecule has 0 fully saturated rings. The smallest absolute Gasteiger partial charge is 0.384 e. The minimum absolute atomic E-state index is 0.0924. The van der Waals surface area contributed by atoms with Crippen LogP contribution in [-0.2, 0) is 6.18 Å². The summed E-state index contributed by atoms with van der Waals surface area (Å²) in [5.74, 6) is -0.276. The fourth-order valence-electron chi connectivity index (χ4n) is 1.62. The van der Waals surface area contributed by atoms with Crippen LogP contribution in [0, 0.1) is 0 Å². The van der Waals surface area contributed by atoms with Crippen molar-refractivity contribution >= 4 is 40.6 Å². The van der Waals surface area contributed by atoms with Gasteiger partial charge in [-0.2, -0.15) is 13.2 Å². The number of anilines is 1. The molecule has 2 nitrogen and oxygen atoms in total. The number of alkyl halides is 3. The highest BCUT2D eigenvalue weighted by atomic mass is 35.5. The maximum Gasteiger partial charge on any atom is 0.433 e. The zero-order valence-electron chi connectivity index (χ0n) is 9.60. The lowest BCUT2D eigenvalue weighted by Gasteiger charge is -2.11. The molecule has 0 radical (unpaired) electrons. The van der Waals surface area contributed by atoms with E-state index in [9.17, 15) is 13.2 Å². The van der Waals surface area contributed by atoms with Crippen molar-refractivity contribution in [2.75, 3.05) is 5.73 Å². The van der Waals surface area contributed by atoms with Gasteiger partial charge in [0.2, 0.25) is 0 Å². The van der Waals surface area contributed by atoms with Crippen molar-refractivity contribution in [1.29, 1.82) is 0 Å². The zero-order chi connectivity index (χ0) is 15.1. The monoisotopic (exact) mass is 340 g/mol. The van der Waals surface area contributed by atoms with Gasteiger partial charge in [0.25, 0.3) is 0 Å². The predicted molar refractivity (Wildman–Crippen MR) is 74.1 cm³/mol. The Kier molecular flexibility index (Phi) is 4.04. The average molecular weight is 342 g/mol. The van der Waals surface area contributed by atoms with E-state index >= 15 is 0 Å². The number of rotatable bonds is 1. The minimum atomic E-state index is -4.61. The molecular weight excluding hydrogens is 335 g/mol. The average Bonchev–Trinajstić information content (AvgIpc) is 2.32. The van der Waals surface area contributed by atoms with Crippen LogP contribution in [0.4, 0.5) is 19.0 Å². The Balaban J connectivity index is 2.68. The van der Waals surface area contributed by atoms with Gasteiger partial charge in [-0.1, -0.05) is 34.8 Å². The van der Waals surface area contributed by atoms with E-state index in [0.29, 0.717) is 0 Å². The van der Waals surface area contributed by atoms with E-state index in [1.54, 1.807) is 0 Å². The van der Waals surface area contributed by atoms with Crippen molar-refractivity contribution < 1.29 is 13.2 Å². The number of aromatic nitrogens is 1. The van der Waals surface area contributed by atoms with Crippen LogP contribution < -0.4 is 5.73 Å². The topological polar surface area (TPSA) is 38.9 Å². The van der Waals surface area contributed by atoms with Crippen LogP contribution in [0.3, 0.4) is 0 Å². The van der Waals surface area contributed by atoms with Crippen LogP contribution in [0.15, 0.2) is 24.3 Å². The largest absolute Gasteiger partial charge is 0.433 e. The molecule has 0 amide bonds. The third-order valence-corrected chi connectivity index (χ3v) is 3.46. The number of pyridine rings is 1. The molecule has 2 rings (SSSR count). The maximum atomic E-state index is 12.7. The number of nitrogen functional groups attached to an aromatic ring is 1. The predicted octanol–water partition coefficient (Wildman–Crippen LogP) is 5.31. The molecule has 0 aliphatic heterocycles. The number of hydrogen-bond donors (Lipinski definition) is 1. The normalized spacial score (nSPS) is 11.7. The second kappa shape index (κ2) is 5.31. The van der Waals surface area contributed by atoms with Gasteiger partial charge in [0, 0.05) is 10.6 Å². The summed E-state index contributed by atoms with van der Waals surface area (Å²) in [7, 11) is 0. The lowest BCUT2D eigenvalue weighted by molar-refractivity contribution is -0.141. The van der Waals surface area contributed by atoms with E-state index in [0.717, 1.165) is 6.07 Å². The molecule has 0 spiro atoms. The van der Waals surface area contributed by atoms with Crippen LogP contribution in [0.2, 0.25) is 15.1 Å². The molecule has 0 aliphatic rings. The molecule has 0 aliphatic carbocycles. The third-order valence-electron chi connectivity index (χ3n) is 2.44. The molecule has 2 aromatic rings. The highest BCUT2D eigenvalue weighted by molar-refractivity contribution is 6.45. The highest BCUT2D eigenvalue weighted by Gasteiger charge is 2.33. The summed E-state index contributed by atoms with van der Waals surface area (Å²) in [6, 6.07) is 4.90. The van der Waals surface area contributed by atoms with E-state index in [2.05, 4.69) is 4.98 Å². The Bertz CT molecular complexity index is 672. The van der Waals surface area contributed by atoms with Gasteiger partial charge in [-0.3, -0.25) is 0 Å². The summed E-state index contributed by atoms with van der Waals surface area (Å²) in [6.07, 6.45) is -4.61. The van der Waals surface area contributed by atoms with E-state index in [1.165, 1.54) is 18.2 Å². The second-order valence-corrected chi connectivity index (χ2v) is 5.13. The summed E-state index contributed by atoms with van der Waals surface area (Å²) in [4.78, 5) is 3.25. The van der Waals surface area contributed by atoms with Gasteiger partial charge in [0.15, 0.2) is 0 Å². The molecule has 1 heterocycles. The number of benzene rings is 1. The Morgan fingerprint density at radius 1 is 1.00 bits per heavy atom. The molecule has 0 unspecified atom stereocenters. The molecule has 0 atom stereocenters. The Morgan fingerprint density at radius 2 is 1.65 bits per heavy atom. The summed E-state index contributed by atoms with van der Waals surface area (Å²) >= 11 is 17.7. The van der Waals surface area contributed by atoms with Crippen LogP contribution in [0.5, 0.6) is 0 Å². The van der Waals surface area contributed by atoms with E-state index in [1.807, 2.05) is 0 Å². The molecule has 0 saturated heterocycles. The van der Waals surface area contributed by atoms with Crippen molar-refractivity contribution in [1.82, 2.24) is 4.98 Å². The fraction of sp³-hybridized carbons (Fsp3) is 0.0833. The standard InChI is InChI=1S/C12H6Cl3F3N2/c13-6-3-7(11(15)8(14)4-6)5-1-9(12(16,17)18)20-10(19)2-5/h1-4H,(H2,19,20). The van der Waals surface area contributed by atoms with Crippen LogP contribution in [-0.4, -0.2) is 4.98 Å². The van der Waals surface area contributed by atoms with Gasteiger partial charge in [-0.15, -0.1) is 0 Å². The first-order chi connectivity index (χ1) is 9.18. The number of nitrogens with two attached hydrogens (primary N) is 1. The fourth-order valence-corrected chi connectivity index (χ4v) is 2.33. The van der Waals surface area contributed by atoms with Gasteiger partial charge in [0.1, 0.15) is 11.5 Å². The van der Waals surface area contributed by atoms with Crippen molar-refractivity contribution in [2.45, 2.75) is 6.18 Å². The summed E-state index contributed by atoms with van der Waals surface area (Å²) in [6.45, 7) is 0. The summed E-state index contributed by atoms with van der Waals surface area (Å²) < 4.78 is 38.2. The van der Waals surface area contributed by atoms with E-state index < -0.39 is 11.9 Å². The number of halogens is 6. The van der Waals surface area contributed by atoms with Crippen LogP contribution in [0.25, 0.3) is 11.1 Å². The van der Waals surface area contributed by atoms with Gasteiger partial charge >= 0.3 is 6.18 Å². The molecule has 1 aromatic carbocycles. The lowest BCUT2D eigenvalue weighted by Crippen LogP contribution is -2.09. The molecule has 1 aromatic heterocycles. The Morgan fingerprint density at radius 3 is 2.25 bits per heavy atom. The highest BCUT2D eigenvalue weighted by Crippen LogP contribution is 2.38. The first-order valence-corrected chi connectivity index (χ1v) is 6.31. The van der Waals surface area contributed by atoms with Gasteiger partial charge in [0.05, 0.1) is 10.0 Å². The molecule has 0 bridgehead atoms. The van der Waals surface area contributed by atoms with E-state index in [-0.39, 0.29) is 32.0 Å². The van der Waals surface area contributed by atoms with Crippen molar-refractivity contribution in [3.8, 4) is 11.1 Å². The quantitative estimate of drug-likeness (QED) is 0.714. The van der Waals surface area contributed by atoms with Gasteiger partial charge in [-0.25, -0.2) is 4.98 Å².